The molecule has 16 heavy (non-hydrogen) atoms. The normalized spacial score (nSPS) is 10.0. The Morgan fingerprint density at radius 2 is 1.25 bits per heavy atom. The maximum absolute atomic E-state index is 11.1. The first-order valence-electron chi connectivity index (χ1n) is 3.78. The fourth-order valence-corrected chi connectivity index (χ4v) is 2.03. The van der Waals surface area contributed by atoms with Crippen LogP contribution in [0.25, 0.3) is 0 Å². The molecule has 1 rings (SSSR count). The first-order valence-corrected chi connectivity index (χ1v) is 5.29. The van der Waals surface area contributed by atoms with Crippen LogP contribution < -0.4 is 0 Å². The second-order valence-electron chi connectivity index (χ2n) is 2.67. The minimum atomic E-state index is -0.992. The molecule has 0 amide bonds. The van der Waals surface area contributed by atoms with Crippen molar-refractivity contribution in [1.29, 1.82) is 0 Å². The zero-order valence-corrected chi connectivity index (χ0v) is 10.4. The Kier molecular flexibility index (Phi) is 4.33. The molecule has 0 saturated carbocycles. The van der Waals surface area contributed by atoms with Gasteiger partial charge in [-0.3, -0.25) is 14.4 Å². The zero-order chi connectivity index (χ0) is 12.5. The Labute approximate surface area is 110 Å². The van der Waals surface area contributed by atoms with Crippen LogP contribution in [0, 0.1) is 0 Å². The summed E-state index contributed by atoms with van der Waals surface area (Å²) in [6, 6.07) is 2.35. The molecule has 0 saturated heterocycles. The van der Waals surface area contributed by atoms with E-state index in [4.69, 9.17) is 46.4 Å². The lowest BCUT2D eigenvalue weighted by Gasteiger charge is -2.06. The van der Waals surface area contributed by atoms with Crippen LogP contribution in [0.1, 0.15) is 31.1 Å². The second kappa shape index (κ2) is 5.15. The first-order chi connectivity index (χ1) is 7.36. The largest absolute Gasteiger partial charge is 0.276 e. The lowest BCUT2D eigenvalue weighted by atomic mass is 10.1. The van der Waals surface area contributed by atoms with Crippen molar-refractivity contribution in [3.05, 3.63) is 33.8 Å². The van der Waals surface area contributed by atoms with Crippen LogP contribution in [0.4, 0.5) is 0 Å². The van der Waals surface area contributed by atoms with E-state index in [1.807, 2.05) is 0 Å². The Morgan fingerprint density at radius 3 is 1.62 bits per heavy atom. The van der Waals surface area contributed by atoms with Crippen molar-refractivity contribution in [2.45, 2.75) is 0 Å². The van der Waals surface area contributed by atoms with Crippen LogP contribution in [-0.4, -0.2) is 15.7 Å². The van der Waals surface area contributed by atoms with Crippen LogP contribution in [0.3, 0.4) is 0 Å². The summed E-state index contributed by atoms with van der Waals surface area (Å²) < 4.78 is 0. The minimum Gasteiger partial charge on any atom is -0.276 e. The number of halogens is 4. The molecule has 0 atom stereocenters. The van der Waals surface area contributed by atoms with Crippen molar-refractivity contribution in [2.24, 2.45) is 0 Å². The topological polar surface area (TPSA) is 51.2 Å². The summed E-state index contributed by atoms with van der Waals surface area (Å²) in [5, 5.41) is -3.04. The van der Waals surface area contributed by atoms with Crippen LogP contribution >= 0.6 is 46.4 Å². The van der Waals surface area contributed by atoms with Gasteiger partial charge in [-0.15, -0.1) is 0 Å². The van der Waals surface area contributed by atoms with Crippen LogP contribution in [0.5, 0.6) is 0 Å². The summed E-state index contributed by atoms with van der Waals surface area (Å²) >= 11 is 21.4. The van der Waals surface area contributed by atoms with E-state index in [1.54, 1.807) is 0 Å². The van der Waals surface area contributed by atoms with Gasteiger partial charge >= 0.3 is 0 Å². The highest BCUT2D eigenvalue weighted by atomic mass is 35.5. The van der Waals surface area contributed by atoms with Gasteiger partial charge in [-0.2, -0.15) is 0 Å². The van der Waals surface area contributed by atoms with Crippen molar-refractivity contribution >= 4 is 62.1 Å². The molecule has 7 heteroatoms. The molecule has 0 aliphatic carbocycles. The summed E-state index contributed by atoms with van der Waals surface area (Å²) in [7, 11) is 0. The summed E-state index contributed by atoms with van der Waals surface area (Å²) in [5.41, 5.74) is -0.614. The third-order valence-corrected chi connectivity index (χ3v) is 2.75. The molecule has 0 spiro atoms. The van der Waals surface area contributed by atoms with Gasteiger partial charge in [0.15, 0.2) is 0 Å². The average molecular weight is 300 g/mol. The van der Waals surface area contributed by atoms with E-state index in [2.05, 4.69) is 0 Å². The summed E-state index contributed by atoms with van der Waals surface area (Å²) in [6.07, 6.45) is 0. The van der Waals surface area contributed by atoms with Crippen LogP contribution in [-0.2, 0) is 0 Å². The molecule has 3 nitrogen and oxygen atoms in total. The molecule has 0 radical (unpaired) electrons. The van der Waals surface area contributed by atoms with Gasteiger partial charge in [0, 0.05) is 5.56 Å². The Morgan fingerprint density at radius 1 is 0.812 bits per heavy atom. The Hall–Kier alpha value is -0.610. The Balaban J connectivity index is 3.60. The van der Waals surface area contributed by atoms with Crippen molar-refractivity contribution in [3.8, 4) is 0 Å². The molecule has 0 unspecified atom stereocenters. The smallest absolute Gasteiger partial charge is 0.254 e. The fraction of sp³-hybridized carbons (Fsp3) is 0. The molecule has 0 fully saturated rings. The average Bonchev–Trinajstić information content (AvgIpc) is 2.15. The standard InChI is InChI=1S/C9H2Cl4O3/c10-6-4(8(12)15)2-1-3(7(11)14)5(6)9(13)16/h1-2H. The first kappa shape index (κ1) is 13.5. The zero-order valence-electron chi connectivity index (χ0n) is 7.39. The van der Waals surface area contributed by atoms with Crippen LogP contribution in [0.15, 0.2) is 12.1 Å². The van der Waals surface area contributed by atoms with Gasteiger partial charge in [0.25, 0.3) is 15.7 Å². The van der Waals surface area contributed by atoms with Crippen molar-refractivity contribution < 1.29 is 14.4 Å². The number of carbonyl (C=O) groups excluding carboxylic acids is 3. The molecule has 0 aliphatic heterocycles. The van der Waals surface area contributed by atoms with Gasteiger partial charge in [0.1, 0.15) is 0 Å². The lowest BCUT2D eigenvalue weighted by molar-refractivity contribution is 0.105. The summed E-state index contributed by atoms with van der Waals surface area (Å²) in [4.78, 5) is 33.0. The van der Waals surface area contributed by atoms with Crippen molar-refractivity contribution in [2.75, 3.05) is 0 Å². The maximum Gasteiger partial charge on any atom is 0.254 e. The van der Waals surface area contributed by atoms with Gasteiger partial charge in [0.2, 0.25) is 0 Å². The lowest BCUT2D eigenvalue weighted by Crippen LogP contribution is -2.05. The predicted octanol–water partition coefficient (Wildman–Crippen LogP) is 3.48. The highest BCUT2D eigenvalue weighted by Crippen LogP contribution is 2.28. The van der Waals surface area contributed by atoms with Gasteiger partial charge < -0.3 is 0 Å². The monoisotopic (exact) mass is 298 g/mol. The number of benzene rings is 1. The van der Waals surface area contributed by atoms with Crippen molar-refractivity contribution in [1.82, 2.24) is 0 Å². The number of hydrogen-bond acceptors (Lipinski definition) is 3. The number of hydrogen-bond donors (Lipinski definition) is 0. The van der Waals surface area contributed by atoms with E-state index >= 15 is 0 Å². The molecule has 0 N–H and O–H groups in total. The predicted molar refractivity (Wildman–Crippen MR) is 62.0 cm³/mol. The van der Waals surface area contributed by atoms with E-state index in [9.17, 15) is 14.4 Å². The second-order valence-corrected chi connectivity index (χ2v) is 4.08. The molecule has 0 aromatic heterocycles. The highest BCUT2D eigenvalue weighted by molar-refractivity contribution is 6.73. The highest BCUT2D eigenvalue weighted by Gasteiger charge is 2.22. The van der Waals surface area contributed by atoms with Crippen molar-refractivity contribution in [3.63, 3.8) is 0 Å². The van der Waals surface area contributed by atoms with E-state index in [0.717, 1.165) is 6.07 Å². The molecule has 0 aliphatic rings. The van der Waals surface area contributed by atoms with Gasteiger partial charge in [-0.25, -0.2) is 0 Å². The molecule has 1 aromatic carbocycles. The van der Waals surface area contributed by atoms with Gasteiger partial charge in [-0.05, 0) is 46.9 Å². The number of rotatable bonds is 3. The molecule has 0 bridgehead atoms. The maximum atomic E-state index is 11.1. The number of carbonyl (C=O) groups is 3. The van der Waals surface area contributed by atoms with E-state index < -0.39 is 15.7 Å². The third-order valence-electron chi connectivity index (χ3n) is 1.76. The summed E-state index contributed by atoms with van der Waals surface area (Å²) in [5.74, 6) is 0. The Bertz CT molecular complexity index is 496. The molecule has 84 valence electrons. The minimum absolute atomic E-state index is 0.117. The van der Waals surface area contributed by atoms with E-state index in [-0.39, 0.29) is 21.7 Å². The molecule has 1 aromatic rings. The van der Waals surface area contributed by atoms with E-state index in [0.29, 0.717) is 0 Å². The molecular formula is C9H2Cl4O3. The molecular weight excluding hydrogens is 298 g/mol. The summed E-state index contributed by atoms with van der Waals surface area (Å²) in [6.45, 7) is 0. The van der Waals surface area contributed by atoms with Gasteiger partial charge in [-0.1, -0.05) is 11.6 Å². The molecule has 0 heterocycles. The van der Waals surface area contributed by atoms with Crippen LogP contribution in [0.2, 0.25) is 5.02 Å². The van der Waals surface area contributed by atoms with Gasteiger partial charge in [0.05, 0.1) is 16.1 Å². The third kappa shape index (κ3) is 2.55. The van der Waals surface area contributed by atoms with E-state index in [1.165, 1.54) is 6.07 Å². The fourth-order valence-electron chi connectivity index (χ4n) is 1.08. The quantitative estimate of drug-likeness (QED) is 0.803. The SMILES string of the molecule is O=C(Cl)c1ccc(C(=O)Cl)c(C(=O)Cl)c1Cl.